The number of fused-ring (bicyclic) bond motifs is 1. The maximum Gasteiger partial charge on any atom is 0.412 e. The summed E-state index contributed by atoms with van der Waals surface area (Å²) in [4.78, 5) is 15.8. The molecular weight excluding hydrogens is 232 g/mol. The summed E-state index contributed by atoms with van der Waals surface area (Å²) in [5, 5.41) is 7.59. The van der Waals surface area contributed by atoms with Crippen LogP contribution in [-0.4, -0.2) is 26.5 Å². The maximum absolute atomic E-state index is 11.6. The van der Waals surface area contributed by atoms with Gasteiger partial charge in [0.15, 0.2) is 5.65 Å². The Kier molecular flexibility index (Phi) is 2.94. The Balaban J connectivity index is 2.15. The van der Waals surface area contributed by atoms with Gasteiger partial charge in [-0.15, -0.1) is 0 Å². The Morgan fingerprint density at radius 2 is 2.11 bits per heavy atom. The monoisotopic (exact) mass is 248 g/mol. The van der Waals surface area contributed by atoms with E-state index in [1.54, 1.807) is 23.1 Å². The highest BCUT2D eigenvalue weighted by molar-refractivity contribution is 5.88. The topological polar surface area (TPSA) is 69.0 Å². The third-order valence-corrected chi connectivity index (χ3v) is 2.22. The maximum atomic E-state index is 11.6. The fraction of sp³-hybridized carbons (Fsp3) is 0.417. The van der Waals surface area contributed by atoms with Gasteiger partial charge in [-0.2, -0.15) is 5.10 Å². The standard InChI is InChI=1S/C12H16N4O2/c1-12(2,3)18-11(17)15-9-5-8-6-14-16(4)10(8)13-7-9/h5-7H,1-4H3,(H,15,17). The lowest BCUT2D eigenvalue weighted by molar-refractivity contribution is 0.0636. The lowest BCUT2D eigenvalue weighted by Crippen LogP contribution is -2.27. The molecule has 2 heterocycles. The molecule has 6 heteroatoms. The van der Waals surface area contributed by atoms with Crippen LogP contribution in [0, 0.1) is 0 Å². The normalized spacial score (nSPS) is 11.6. The van der Waals surface area contributed by atoms with Gasteiger partial charge in [0.25, 0.3) is 0 Å². The molecule has 0 atom stereocenters. The van der Waals surface area contributed by atoms with Crippen LogP contribution < -0.4 is 5.32 Å². The number of pyridine rings is 1. The van der Waals surface area contributed by atoms with E-state index < -0.39 is 11.7 Å². The van der Waals surface area contributed by atoms with Crippen LogP contribution in [0.3, 0.4) is 0 Å². The van der Waals surface area contributed by atoms with Gasteiger partial charge in [-0.3, -0.25) is 10.00 Å². The van der Waals surface area contributed by atoms with Crippen molar-refractivity contribution in [1.29, 1.82) is 0 Å². The molecule has 6 nitrogen and oxygen atoms in total. The number of carbonyl (C=O) groups is 1. The minimum atomic E-state index is -0.518. The van der Waals surface area contributed by atoms with Crippen molar-refractivity contribution in [2.45, 2.75) is 26.4 Å². The third kappa shape index (κ3) is 2.77. The number of carbonyl (C=O) groups excluding carboxylic acids is 1. The molecule has 18 heavy (non-hydrogen) atoms. The molecule has 0 spiro atoms. The van der Waals surface area contributed by atoms with Crippen LogP contribution in [-0.2, 0) is 11.8 Å². The van der Waals surface area contributed by atoms with Gasteiger partial charge in [-0.05, 0) is 26.8 Å². The van der Waals surface area contributed by atoms with Crippen LogP contribution in [0.5, 0.6) is 0 Å². The Labute approximate surface area is 105 Å². The SMILES string of the molecule is Cn1ncc2cc(NC(=O)OC(C)(C)C)cnc21. The zero-order valence-electron chi connectivity index (χ0n) is 10.9. The molecule has 0 aliphatic rings. The summed E-state index contributed by atoms with van der Waals surface area (Å²) in [6, 6.07) is 1.80. The number of aryl methyl sites for hydroxylation is 1. The fourth-order valence-electron chi connectivity index (χ4n) is 1.53. The molecule has 2 rings (SSSR count). The van der Waals surface area contributed by atoms with Gasteiger partial charge in [0, 0.05) is 12.4 Å². The van der Waals surface area contributed by atoms with E-state index in [-0.39, 0.29) is 0 Å². The fourth-order valence-corrected chi connectivity index (χ4v) is 1.53. The molecule has 1 amide bonds. The van der Waals surface area contributed by atoms with Gasteiger partial charge in [-0.1, -0.05) is 0 Å². The molecular formula is C12H16N4O2. The van der Waals surface area contributed by atoms with Gasteiger partial charge in [-0.25, -0.2) is 9.78 Å². The second-order valence-electron chi connectivity index (χ2n) is 5.03. The second kappa shape index (κ2) is 4.29. The third-order valence-electron chi connectivity index (χ3n) is 2.22. The van der Waals surface area contributed by atoms with Gasteiger partial charge in [0.1, 0.15) is 5.60 Å². The molecule has 1 N–H and O–H groups in total. The van der Waals surface area contributed by atoms with E-state index in [2.05, 4.69) is 15.4 Å². The molecule has 96 valence electrons. The van der Waals surface area contributed by atoms with Crippen LogP contribution in [0.15, 0.2) is 18.5 Å². The summed E-state index contributed by atoms with van der Waals surface area (Å²) in [5.41, 5.74) is 0.838. The average Bonchev–Trinajstić information content (AvgIpc) is 2.57. The zero-order chi connectivity index (χ0) is 13.3. The summed E-state index contributed by atoms with van der Waals surface area (Å²) >= 11 is 0. The highest BCUT2D eigenvalue weighted by atomic mass is 16.6. The van der Waals surface area contributed by atoms with E-state index in [0.717, 1.165) is 11.0 Å². The zero-order valence-corrected chi connectivity index (χ0v) is 10.9. The van der Waals surface area contributed by atoms with Crippen LogP contribution >= 0.6 is 0 Å². The molecule has 0 saturated carbocycles. The smallest absolute Gasteiger partial charge is 0.412 e. The van der Waals surface area contributed by atoms with Crippen molar-refractivity contribution in [2.24, 2.45) is 7.05 Å². The number of hydrogen-bond acceptors (Lipinski definition) is 4. The Hall–Kier alpha value is -2.11. The van der Waals surface area contributed by atoms with Crippen molar-refractivity contribution in [3.8, 4) is 0 Å². The molecule has 2 aromatic rings. The quantitative estimate of drug-likeness (QED) is 0.840. The lowest BCUT2D eigenvalue weighted by atomic mass is 10.2. The number of amides is 1. The number of nitrogens with one attached hydrogen (secondary N) is 1. The first kappa shape index (κ1) is 12.3. The lowest BCUT2D eigenvalue weighted by Gasteiger charge is -2.19. The van der Waals surface area contributed by atoms with Crippen molar-refractivity contribution in [3.63, 3.8) is 0 Å². The molecule has 0 fully saturated rings. The van der Waals surface area contributed by atoms with Crippen LogP contribution in [0.2, 0.25) is 0 Å². The number of ether oxygens (including phenoxy) is 1. The number of rotatable bonds is 1. The molecule has 2 aromatic heterocycles. The van der Waals surface area contributed by atoms with E-state index >= 15 is 0 Å². The average molecular weight is 248 g/mol. The van der Waals surface area contributed by atoms with Crippen molar-refractivity contribution in [2.75, 3.05) is 5.32 Å². The first-order valence-corrected chi connectivity index (χ1v) is 5.63. The van der Waals surface area contributed by atoms with Crippen molar-refractivity contribution in [3.05, 3.63) is 18.5 Å². The van der Waals surface area contributed by atoms with Crippen LogP contribution in [0.25, 0.3) is 11.0 Å². The summed E-state index contributed by atoms with van der Waals surface area (Å²) < 4.78 is 6.83. The Morgan fingerprint density at radius 1 is 1.39 bits per heavy atom. The van der Waals surface area contributed by atoms with Gasteiger partial charge < -0.3 is 4.74 Å². The van der Waals surface area contributed by atoms with Crippen LogP contribution in [0.1, 0.15) is 20.8 Å². The second-order valence-corrected chi connectivity index (χ2v) is 5.03. The van der Waals surface area contributed by atoms with Crippen LogP contribution in [0.4, 0.5) is 10.5 Å². The summed E-state index contributed by atoms with van der Waals surface area (Å²) in [5.74, 6) is 0. The van der Waals surface area contributed by atoms with E-state index in [1.807, 2.05) is 27.8 Å². The van der Waals surface area contributed by atoms with Crippen molar-refractivity contribution < 1.29 is 9.53 Å². The van der Waals surface area contributed by atoms with Crippen molar-refractivity contribution >= 4 is 22.8 Å². The minimum Gasteiger partial charge on any atom is -0.444 e. The number of nitrogens with zero attached hydrogens (tertiary/aromatic N) is 3. The molecule has 0 bridgehead atoms. The first-order valence-electron chi connectivity index (χ1n) is 5.63. The summed E-state index contributed by atoms with van der Waals surface area (Å²) in [7, 11) is 1.82. The molecule has 0 aliphatic carbocycles. The van der Waals surface area contributed by atoms with E-state index in [4.69, 9.17) is 4.74 Å². The van der Waals surface area contributed by atoms with Gasteiger partial charge in [0.2, 0.25) is 0 Å². The van der Waals surface area contributed by atoms with Gasteiger partial charge in [0.05, 0.1) is 18.1 Å². The Morgan fingerprint density at radius 3 is 2.78 bits per heavy atom. The minimum absolute atomic E-state index is 0.493. The molecule has 0 aliphatic heterocycles. The molecule has 0 radical (unpaired) electrons. The number of aromatic nitrogens is 3. The summed E-state index contributed by atoms with van der Waals surface area (Å²) in [6.07, 6.45) is 2.78. The van der Waals surface area contributed by atoms with E-state index in [9.17, 15) is 4.79 Å². The van der Waals surface area contributed by atoms with Gasteiger partial charge >= 0.3 is 6.09 Å². The number of anilines is 1. The largest absolute Gasteiger partial charge is 0.444 e. The van der Waals surface area contributed by atoms with E-state index in [1.165, 1.54) is 0 Å². The Bertz CT molecular complexity index is 583. The molecule has 0 aromatic carbocycles. The van der Waals surface area contributed by atoms with E-state index in [0.29, 0.717) is 5.69 Å². The molecule has 0 unspecified atom stereocenters. The predicted octanol–water partition coefficient (Wildman–Crippen LogP) is 2.32. The summed E-state index contributed by atoms with van der Waals surface area (Å²) in [6.45, 7) is 5.44. The molecule has 0 saturated heterocycles. The highest BCUT2D eigenvalue weighted by Gasteiger charge is 2.16. The number of hydrogen-bond donors (Lipinski definition) is 1. The highest BCUT2D eigenvalue weighted by Crippen LogP contribution is 2.16. The predicted molar refractivity (Wildman–Crippen MR) is 68.4 cm³/mol. The van der Waals surface area contributed by atoms with Crippen molar-refractivity contribution in [1.82, 2.24) is 14.8 Å². The first-order chi connectivity index (χ1) is 8.35.